The number of hydrogen-bond acceptors (Lipinski definition) is 2. The second kappa shape index (κ2) is 7.20. The summed E-state index contributed by atoms with van der Waals surface area (Å²) in [6, 6.07) is 14.0. The number of rotatable bonds is 5. The maximum Gasteiger partial charge on any atom is 0.0462 e. The second-order valence-corrected chi connectivity index (χ2v) is 6.08. The van der Waals surface area contributed by atoms with E-state index >= 15 is 0 Å². The van der Waals surface area contributed by atoms with E-state index in [9.17, 15) is 0 Å². The van der Waals surface area contributed by atoms with E-state index in [-0.39, 0.29) is 0 Å². The third kappa shape index (κ3) is 4.43. The van der Waals surface area contributed by atoms with Crippen LogP contribution in [-0.4, -0.2) is 6.54 Å². The zero-order chi connectivity index (χ0) is 13.7. The van der Waals surface area contributed by atoms with Gasteiger partial charge in [0.1, 0.15) is 0 Å². The van der Waals surface area contributed by atoms with E-state index in [0.717, 1.165) is 38.5 Å². The summed E-state index contributed by atoms with van der Waals surface area (Å²) in [4.78, 5) is 2.28. The molecule has 0 aliphatic heterocycles. The largest absolute Gasteiger partial charge is 0.313 e. The first-order valence-corrected chi connectivity index (χ1v) is 7.69. The van der Waals surface area contributed by atoms with Gasteiger partial charge in [-0.25, -0.2) is 0 Å². The van der Waals surface area contributed by atoms with Gasteiger partial charge in [0.05, 0.1) is 0 Å². The van der Waals surface area contributed by atoms with Crippen LogP contribution in [0.5, 0.6) is 0 Å². The fraction of sp³-hybridized carbons (Fsp3) is 0.200. The van der Waals surface area contributed by atoms with Crippen molar-refractivity contribution in [1.82, 2.24) is 5.32 Å². The van der Waals surface area contributed by atoms with Gasteiger partial charge in [-0.05, 0) is 48.5 Å². The molecule has 2 rings (SSSR count). The van der Waals surface area contributed by atoms with Gasteiger partial charge in [0.2, 0.25) is 0 Å². The third-order valence-corrected chi connectivity index (χ3v) is 4.24. The van der Waals surface area contributed by atoms with Gasteiger partial charge >= 0.3 is 0 Å². The van der Waals surface area contributed by atoms with Crippen molar-refractivity contribution in [2.24, 2.45) is 0 Å². The summed E-state index contributed by atoms with van der Waals surface area (Å²) in [5.41, 5.74) is 1.13. The van der Waals surface area contributed by atoms with Crippen LogP contribution in [0.3, 0.4) is 0 Å². The van der Waals surface area contributed by atoms with Crippen molar-refractivity contribution in [2.45, 2.75) is 23.3 Å². The average Bonchev–Trinajstić information content (AvgIpc) is 2.41. The second-order valence-electron chi connectivity index (χ2n) is 4.09. The van der Waals surface area contributed by atoms with Crippen LogP contribution in [-0.2, 0) is 6.54 Å². The molecule has 1 N–H and O–H groups in total. The molecule has 0 saturated carbocycles. The van der Waals surface area contributed by atoms with E-state index in [1.165, 1.54) is 0 Å². The number of benzene rings is 2. The monoisotopic (exact) mass is 311 g/mol. The molecule has 0 unspecified atom stereocenters. The van der Waals surface area contributed by atoms with Crippen LogP contribution in [0, 0.1) is 0 Å². The third-order valence-electron chi connectivity index (χ3n) is 2.64. The van der Waals surface area contributed by atoms with E-state index in [1.807, 2.05) is 30.3 Å². The van der Waals surface area contributed by atoms with Crippen molar-refractivity contribution < 1.29 is 0 Å². The topological polar surface area (TPSA) is 12.0 Å². The molecule has 0 atom stereocenters. The molecule has 0 aliphatic carbocycles. The Kier molecular flexibility index (Phi) is 5.59. The summed E-state index contributed by atoms with van der Waals surface area (Å²) in [5.74, 6) is 0. The standard InChI is InChI=1S/C15H15Cl2NS/c1-2-18-10-11-3-6-14(9-15(11)17)19-13-7-4-12(16)5-8-13/h3-9,18H,2,10H2,1H3. The normalized spacial score (nSPS) is 10.7. The molecular formula is C15H15Cl2NS. The Hall–Kier alpha value is -0.670. The van der Waals surface area contributed by atoms with Crippen molar-refractivity contribution in [2.75, 3.05) is 6.54 Å². The van der Waals surface area contributed by atoms with Crippen LogP contribution < -0.4 is 5.32 Å². The van der Waals surface area contributed by atoms with Crippen LogP contribution in [0.2, 0.25) is 10.0 Å². The highest BCUT2D eigenvalue weighted by Crippen LogP contribution is 2.31. The van der Waals surface area contributed by atoms with Gasteiger partial charge in [0, 0.05) is 26.4 Å². The molecule has 2 aromatic rings. The van der Waals surface area contributed by atoms with Crippen LogP contribution in [0.15, 0.2) is 52.3 Å². The summed E-state index contributed by atoms with van der Waals surface area (Å²) in [5, 5.41) is 4.83. The molecule has 0 fully saturated rings. The first-order valence-electron chi connectivity index (χ1n) is 6.11. The Morgan fingerprint density at radius 3 is 2.32 bits per heavy atom. The molecule has 1 nitrogen and oxygen atoms in total. The highest BCUT2D eigenvalue weighted by molar-refractivity contribution is 7.99. The molecule has 19 heavy (non-hydrogen) atoms. The predicted octanol–water partition coefficient (Wildman–Crippen LogP) is 5.25. The molecule has 0 aromatic heterocycles. The molecule has 0 amide bonds. The lowest BCUT2D eigenvalue weighted by Gasteiger charge is -2.07. The quantitative estimate of drug-likeness (QED) is 0.809. The summed E-state index contributed by atoms with van der Waals surface area (Å²) in [6.45, 7) is 3.83. The zero-order valence-corrected chi connectivity index (χ0v) is 12.9. The molecule has 0 aliphatic rings. The smallest absolute Gasteiger partial charge is 0.0462 e. The maximum atomic E-state index is 6.28. The molecule has 0 saturated heterocycles. The molecule has 0 spiro atoms. The number of hydrogen-bond donors (Lipinski definition) is 1. The van der Waals surface area contributed by atoms with Crippen molar-refractivity contribution in [3.63, 3.8) is 0 Å². The van der Waals surface area contributed by atoms with Crippen molar-refractivity contribution in [3.8, 4) is 0 Å². The first kappa shape index (κ1) is 14.7. The number of halogens is 2. The summed E-state index contributed by atoms with van der Waals surface area (Å²) in [6.07, 6.45) is 0. The van der Waals surface area contributed by atoms with Gasteiger partial charge in [-0.2, -0.15) is 0 Å². The molecule has 100 valence electrons. The van der Waals surface area contributed by atoms with E-state index in [0.29, 0.717) is 0 Å². The Balaban J connectivity index is 2.09. The number of nitrogens with one attached hydrogen (secondary N) is 1. The fourth-order valence-corrected chi connectivity index (χ4v) is 2.93. The van der Waals surface area contributed by atoms with Crippen LogP contribution >= 0.6 is 35.0 Å². The van der Waals surface area contributed by atoms with Gasteiger partial charge in [-0.15, -0.1) is 0 Å². The average molecular weight is 312 g/mol. The Labute approximate surface area is 128 Å². The van der Waals surface area contributed by atoms with Gasteiger partial charge in [-0.3, -0.25) is 0 Å². The molecule has 0 radical (unpaired) electrons. The van der Waals surface area contributed by atoms with E-state index in [2.05, 4.69) is 24.4 Å². The van der Waals surface area contributed by atoms with E-state index in [4.69, 9.17) is 23.2 Å². The van der Waals surface area contributed by atoms with Gasteiger partial charge in [0.25, 0.3) is 0 Å². The van der Waals surface area contributed by atoms with Gasteiger partial charge in [0.15, 0.2) is 0 Å². The molecule has 0 bridgehead atoms. The predicted molar refractivity (Wildman–Crippen MR) is 84.4 cm³/mol. The Morgan fingerprint density at radius 1 is 1.00 bits per heavy atom. The summed E-state index contributed by atoms with van der Waals surface area (Å²) < 4.78 is 0. The van der Waals surface area contributed by atoms with Crippen LogP contribution in [0.4, 0.5) is 0 Å². The lowest BCUT2D eigenvalue weighted by molar-refractivity contribution is 0.726. The molecular weight excluding hydrogens is 297 g/mol. The SMILES string of the molecule is CCNCc1ccc(Sc2ccc(Cl)cc2)cc1Cl. The van der Waals surface area contributed by atoms with Crippen molar-refractivity contribution >= 4 is 35.0 Å². The molecule has 2 aromatic carbocycles. The van der Waals surface area contributed by atoms with Gasteiger partial charge < -0.3 is 5.32 Å². The maximum absolute atomic E-state index is 6.28. The van der Waals surface area contributed by atoms with Crippen LogP contribution in [0.25, 0.3) is 0 Å². The lowest BCUT2D eigenvalue weighted by Crippen LogP contribution is -2.11. The van der Waals surface area contributed by atoms with Crippen LogP contribution in [0.1, 0.15) is 12.5 Å². The van der Waals surface area contributed by atoms with Crippen molar-refractivity contribution in [1.29, 1.82) is 0 Å². The minimum Gasteiger partial charge on any atom is -0.313 e. The molecule has 0 heterocycles. The Bertz CT molecular complexity index is 540. The highest BCUT2D eigenvalue weighted by atomic mass is 35.5. The Morgan fingerprint density at radius 2 is 1.68 bits per heavy atom. The lowest BCUT2D eigenvalue weighted by atomic mass is 10.2. The van der Waals surface area contributed by atoms with Gasteiger partial charge in [-0.1, -0.05) is 48.0 Å². The zero-order valence-electron chi connectivity index (χ0n) is 10.6. The van der Waals surface area contributed by atoms with E-state index in [1.54, 1.807) is 11.8 Å². The molecule has 4 heteroatoms. The first-order chi connectivity index (χ1) is 9.19. The van der Waals surface area contributed by atoms with E-state index < -0.39 is 0 Å². The minimum atomic E-state index is 0.753. The fourth-order valence-electron chi connectivity index (χ4n) is 1.63. The summed E-state index contributed by atoms with van der Waals surface area (Å²) >= 11 is 13.8. The highest BCUT2D eigenvalue weighted by Gasteiger charge is 2.03. The summed E-state index contributed by atoms with van der Waals surface area (Å²) in [7, 11) is 0. The minimum absolute atomic E-state index is 0.753. The van der Waals surface area contributed by atoms with Crippen molar-refractivity contribution in [3.05, 3.63) is 58.1 Å².